The van der Waals surface area contributed by atoms with Gasteiger partial charge in [-0.1, -0.05) is 50.7 Å². The molecule has 0 aliphatic heterocycles. The van der Waals surface area contributed by atoms with Gasteiger partial charge >= 0.3 is 0 Å². The van der Waals surface area contributed by atoms with Gasteiger partial charge in [0.1, 0.15) is 12.4 Å². The van der Waals surface area contributed by atoms with Crippen LogP contribution >= 0.6 is 23.1 Å². The molecule has 1 amide bonds. The average molecular weight is 475 g/mol. The monoisotopic (exact) mass is 474 g/mol. The zero-order valence-electron chi connectivity index (χ0n) is 18.9. The Morgan fingerprint density at radius 2 is 2.09 bits per heavy atom. The Morgan fingerprint density at radius 1 is 1.31 bits per heavy atom. The Labute approximate surface area is 197 Å². The Kier molecular flexibility index (Phi) is 7.97. The molecule has 3 rings (SSSR count). The van der Waals surface area contributed by atoms with E-state index in [4.69, 9.17) is 10.5 Å². The van der Waals surface area contributed by atoms with Gasteiger partial charge < -0.3 is 20.1 Å². The highest BCUT2D eigenvalue weighted by atomic mass is 32.2. The number of nitrogens with zero attached hydrogens (tertiary/aromatic N) is 3. The largest absolute Gasteiger partial charge is 0.491 e. The number of aryl methyl sites for hydroxylation is 1. The summed E-state index contributed by atoms with van der Waals surface area (Å²) in [6.07, 6.45) is -0.493. The number of nitrogens with two attached hydrogens (primary N) is 1. The Morgan fingerprint density at radius 3 is 2.72 bits per heavy atom. The maximum Gasteiger partial charge on any atom is 0.219 e. The molecule has 7 nitrogen and oxygen atoms in total. The zero-order chi connectivity index (χ0) is 23.3. The lowest BCUT2D eigenvalue weighted by atomic mass is 9.86. The van der Waals surface area contributed by atoms with Gasteiger partial charge in [-0.05, 0) is 41.0 Å². The van der Waals surface area contributed by atoms with Crippen LogP contribution in [0.3, 0.4) is 0 Å². The highest BCUT2D eigenvalue weighted by molar-refractivity contribution is 7.99. The minimum Gasteiger partial charge on any atom is -0.491 e. The minimum absolute atomic E-state index is 0.0753. The van der Waals surface area contributed by atoms with Gasteiger partial charge in [-0.15, -0.1) is 21.5 Å². The molecular weight excluding hydrogens is 444 g/mol. The lowest BCUT2D eigenvalue weighted by Crippen LogP contribution is -2.21. The molecule has 0 aliphatic carbocycles. The molecule has 1 atom stereocenters. The number of primary amides is 1. The summed E-state index contributed by atoms with van der Waals surface area (Å²) in [7, 11) is 0. The molecule has 0 saturated carbocycles. The topological polar surface area (TPSA) is 103 Å². The van der Waals surface area contributed by atoms with E-state index in [0.29, 0.717) is 23.3 Å². The van der Waals surface area contributed by atoms with Crippen LogP contribution < -0.4 is 10.5 Å². The van der Waals surface area contributed by atoms with E-state index in [1.54, 1.807) is 11.3 Å². The third kappa shape index (κ3) is 6.34. The number of amides is 1. The number of aliphatic hydroxyl groups is 1. The number of aliphatic hydroxyl groups excluding tert-OH is 1. The fraction of sp³-hybridized carbons (Fsp3) is 0.435. The van der Waals surface area contributed by atoms with Gasteiger partial charge in [-0.25, -0.2) is 0 Å². The van der Waals surface area contributed by atoms with E-state index >= 15 is 0 Å². The third-order valence-corrected chi connectivity index (χ3v) is 6.89. The molecule has 0 spiro atoms. The second-order valence-corrected chi connectivity index (χ2v) is 10.6. The SMILES string of the molecule is Cc1cc(C(C)(C)C)ccc1OC[C@@H](O)CSc1nnc(-c2cccs2)n1CCC(N)=O. The van der Waals surface area contributed by atoms with E-state index in [-0.39, 0.29) is 24.3 Å². The lowest BCUT2D eigenvalue weighted by Gasteiger charge is -2.21. The Balaban J connectivity index is 1.61. The highest BCUT2D eigenvalue weighted by Crippen LogP contribution is 2.29. The van der Waals surface area contributed by atoms with E-state index in [1.807, 2.05) is 35.1 Å². The van der Waals surface area contributed by atoms with Crippen molar-refractivity contribution in [2.45, 2.75) is 57.3 Å². The molecule has 0 aliphatic rings. The van der Waals surface area contributed by atoms with E-state index in [9.17, 15) is 9.90 Å². The lowest BCUT2D eigenvalue weighted by molar-refractivity contribution is -0.118. The van der Waals surface area contributed by atoms with Crippen molar-refractivity contribution in [1.82, 2.24) is 14.8 Å². The number of ether oxygens (including phenoxy) is 1. The van der Waals surface area contributed by atoms with Crippen molar-refractivity contribution >= 4 is 29.0 Å². The van der Waals surface area contributed by atoms with E-state index in [1.165, 1.54) is 17.3 Å². The second kappa shape index (κ2) is 10.5. The van der Waals surface area contributed by atoms with Gasteiger partial charge in [0.2, 0.25) is 5.91 Å². The summed E-state index contributed by atoms with van der Waals surface area (Å²) >= 11 is 2.94. The van der Waals surface area contributed by atoms with Crippen molar-refractivity contribution in [3.8, 4) is 16.5 Å². The number of aromatic nitrogens is 3. The van der Waals surface area contributed by atoms with Gasteiger partial charge in [-0.3, -0.25) is 4.79 Å². The second-order valence-electron chi connectivity index (χ2n) is 8.66. The molecule has 0 unspecified atom stereocenters. The summed E-state index contributed by atoms with van der Waals surface area (Å²) in [5.41, 5.74) is 7.70. The number of benzene rings is 1. The first-order chi connectivity index (χ1) is 15.1. The van der Waals surface area contributed by atoms with Crippen molar-refractivity contribution in [2.24, 2.45) is 5.73 Å². The average Bonchev–Trinajstić information content (AvgIpc) is 3.38. The van der Waals surface area contributed by atoms with Gasteiger partial charge in [-0.2, -0.15) is 0 Å². The number of carbonyl (C=O) groups is 1. The van der Waals surface area contributed by atoms with Gasteiger partial charge in [0.25, 0.3) is 0 Å². The first-order valence-electron chi connectivity index (χ1n) is 10.5. The minimum atomic E-state index is -0.687. The van der Waals surface area contributed by atoms with Crippen molar-refractivity contribution < 1.29 is 14.6 Å². The molecule has 32 heavy (non-hydrogen) atoms. The third-order valence-electron chi connectivity index (χ3n) is 4.92. The van der Waals surface area contributed by atoms with Crippen LogP contribution in [0.15, 0.2) is 40.9 Å². The normalized spacial score (nSPS) is 12.7. The Hall–Kier alpha value is -2.36. The van der Waals surface area contributed by atoms with Crippen LogP contribution in [-0.2, 0) is 16.8 Å². The van der Waals surface area contributed by atoms with E-state index in [2.05, 4.69) is 43.1 Å². The molecular formula is C23H30N4O3S2. The molecule has 3 aromatic rings. The van der Waals surface area contributed by atoms with Gasteiger partial charge in [0.05, 0.1) is 11.0 Å². The molecule has 2 aromatic heterocycles. The molecule has 0 bridgehead atoms. The molecule has 172 valence electrons. The number of thioether (sulfide) groups is 1. The first-order valence-corrected chi connectivity index (χ1v) is 12.3. The number of thiophene rings is 1. The van der Waals surface area contributed by atoms with Crippen LogP contribution in [0.1, 0.15) is 38.3 Å². The molecule has 0 fully saturated rings. The molecule has 0 radical (unpaired) electrons. The van der Waals surface area contributed by atoms with Gasteiger partial charge in [0, 0.05) is 18.7 Å². The Bertz CT molecular complexity index is 1040. The summed E-state index contributed by atoms with van der Waals surface area (Å²) in [6.45, 7) is 9.11. The van der Waals surface area contributed by atoms with E-state index in [0.717, 1.165) is 16.2 Å². The molecule has 3 N–H and O–H groups in total. The fourth-order valence-electron chi connectivity index (χ4n) is 3.09. The van der Waals surface area contributed by atoms with Crippen molar-refractivity contribution in [3.63, 3.8) is 0 Å². The number of rotatable bonds is 10. The number of carbonyl (C=O) groups excluding carboxylic acids is 1. The van der Waals surface area contributed by atoms with E-state index < -0.39 is 6.10 Å². The predicted molar refractivity (Wildman–Crippen MR) is 129 cm³/mol. The molecule has 0 saturated heterocycles. The first kappa shape index (κ1) is 24.3. The van der Waals surface area contributed by atoms with Crippen LogP contribution in [-0.4, -0.2) is 44.2 Å². The van der Waals surface area contributed by atoms with Crippen molar-refractivity contribution in [2.75, 3.05) is 12.4 Å². The van der Waals surface area contributed by atoms with Crippen LogP contribution in [0, 0.1) is 6.92 Å². The zero-order valence-corrected chi connectivity index (χ0v) is 20.5. The quantitative estimate of drug-likeness (QED) is 0.430. The summed E-state index contributed by atoms with van der Waals surface area (Å²) in [4.78, 5) is 12.3. The van der Waals surface area contributed by atoms with Crippen LogP contribution in [0.4, 0.5) is 0 Å². The summed E-state index contributed by atoms with van der Waals surface area (Å²) in [5, 5.41) is 21.6. The standard InChI is InChI=1S/C23H30N4O3S2/c1-15-12-16(23(2,3)4)7-8-18(15)30-13-17(28)14-32-22-26-25-21(19-6-5-11-31-19)27(22)10-9-20(24)29/h5-8,11-12,17,28H,9-10,13-14H2,1-4H3,(H2,24,29)/t17-/m1/s1. The van der Waals surface area contributed by atoms with Crippen LogP contribution in [0.5, 0.6) is 5.75 Å². The van der Waals surface area contributed by atoms with Crippen molar-refractivity contribution in [1.29, 1.82) is 0 Å². The smallest absolute Gasteiger partial charge is 0.219 e. The molecule has 1 aromatic carbocycles. The summed E-state index contributed by atoms with van der Waals surface area (Å²) in [5.74, 6) is 1.47. The molecule has 2 heterocycles. The van der Waals surface area contributed by atoms with Gasteiger partial charge in [0.15, 0.2) is 11.0 Å². The van der Waals surface area contributed by atoms with Crippen LogP contribution in [0.25, 0.3) is 10.7 Å². The maximum atomic E-state index is 11.3. The van der Waals surface area contributed by atoms with Crippen molar-refractivity contribution in [3.05, 3.63) is 46.8 Å². The highest BCUT2D eigenvalue weighted by Gasteiger charge is 2.18. The number of hydrogen-bond acceptors (Lipinski definition) is 7. The van der Waals surface area contributed by atoms with Crippen LogP contribution in [0.2, 0.25) is 0 Å². The maximum absolute atomic E-state index is 11.3. The molecule has 9 heteroatoms. The predicted octanol–water partition coefficient (Wildman–Crippen LogP) is 4.02. The fourth-order valence-corrected chi connectivity index (χ4v) is 4.68. The summed E-state index contributed by atoms with van der Waals surface area (Å²) < 4.78 is 7.74. The number of hydrogen-bond donors (Lipinski definition) is 2. The summed E-state index contributed by atoms with van der Waals surface area (Å²) in [6, 6.07) is 10.1.